The minimum absolute atomic E-state index is 0.0951. The number of carbonyl (C=O) groups excluding carboxylic acids is 3. The zero-order valence-corrected chi connectivity index (χ0v) is 16.7. The number of nitrogens with zero attached hydrogens (tertiary/aromatic N) is 3. The number of ether oxygens (including phenoxy) is 2. The number of hydrogen-bond acceptors (Lipinski definition) is 7. The summed E-state index contributed by atoms with van der Waals surface area (Å²) in [6.45, 7) is 1.20. The highest BCUT2D eigenvalue weighted by atomic mass is 16.6. The maximum atomic E-state index is 13.2. The second-order valence-electron chi connectivity index (χ2n) is 7.74. The Morgan fingerprint density at radius 1 is 1.03 bits per heavy atom. The minimum atomic E-state index is -1.09. The van der Waals surface area contributed by atoms with Crippen molar-refractivity contribution in [2.24, 2.45) is 22.1 Å². The lowest BCUT2D eigenvalue weighted by molar-refractivity contribution is -0.150. The average Bonchev–Trinajstić information content (AvgIpc) is 3.42. The van der Waals surface area contributed by atoms with Gasteiger partial charge in [0.2, 0.25) is 11.8 Å². The number of benzene rings is 2. The van der Waals surface area contributed by atoms with Crippen LogP contribution in [0, 0.1) is 11.8 Å². The van der Waals surface area contributed by atoms with Crippen molar-refractivity contribution in [3.05, 3.63) is 66.7 Å². The van der Waals surface area contributed by atoms with E-state index in [1.165, 1.54) is 11.8 Å². The number of anilines is 1. The second kappa shape index (κ2) is 7.24. The van der Waals surface area contributed by atoms with E-state index in [2.05, 4.69) is 10.2 Å². The number of esters is 1. The maximum Gasteiger partial charge on any atom is 0.302 e. The lowest BCUT2D eigenvalue weighted by Crippen LogP contribution is -2.44. The topological polar surface area (TPSA) is 97.6 Å². The molecule has 2 aromatic rings. The maximum absolute atomic E-state index is 13.2. The van der Waals surface area contributed by atoms with Gasteiger partial charge in [0.05, 0.1) is 35.0 Å². The summed E-state index contributed by atoms with van der Waals surface area (Å²) in [4.78, 5) is 38.8. The van der Waals surface area contributed by atoms with Crippen LogP contribution >= 0.6 is 0 Å². The number of azo groups is 1. The van der Waals surface area contributed by atoms with Gasteiger partial charge in [0.1, 0.15) is 12.2 Å². The van der Waals surface area contributed by atoms with Gasteiger partial charge in [0.15, 0.2) is 0 Å². The molecule has 156 valence electrons. The Kier molecular flexibility index (Phi) is 4.51. The molecular formula is C23H19N3O5. The van der Waals surface area contributed by atoms with E-state index in [-0.39, 0.29) is 18.4 Å². The zero-order chi connectivity index (χ0) is 21.6. The largest absolute Gasteiger partial charge is 0.462 e. The van der Waals surface area contributed by atoms with Gasteiger partial charge in [-0.15, -0.1) is 0 Å². The molecule has 3 aliphatic heterocycles. The van der Waals surface area contributed by atoms with Crippen LogP contribution in [0.1, 0.15) is 6.92 Å². The van der Waals surface area contributed by atoms with Crippen molar-refractivity contribution >= 4 is 34.8 Å². The summed E-state index contributed by atoms with van der Waals surface area (Å²) < 4.78 is 11.0. The van der Waals surface area contributed by atoms with Crippen molar-refractivity contribution in [1.82, 2.24) is 0 Å². The van der Waals surface area contributed by atoms with Crippen LogP contribution in [0.5, 0.6) is 0 Å². The fourth-order valence-electron chi connectivity index (χ4n) is 4.42. The summed E-state index contributed by atoms with van der Waals surface area (Å²) in [5.74, 6) is -2.47. The molecule has 0 aliphatic carbocycles. The summed E-state index contributed by atoms with van der Waals surface area (Å²) >= 11 is 0. The number of hydrogen-bond donors (Lipinski definition) is 0. The first kappa shape index (κ1) is 19.3. The monoisotopic (exact) mass is 417 g/mol. The molecule has 0 unspecified atom stereocenters. The molecule has 3 heterocycles. The van der Waals surface area contributed by atoms with Crippen LogP contribution < -0.4 is 4.90 Å². The first-order valence-electron chi connectivity index (χ1n) is 9.94. The molecule has 5 rings (SSSR count). The van der Waals surface area contributed by atoms with E-state index < -0.39 is 29.5 Å². The normalized spacial score (nSPS) is 28.5. The van der Waals surface area contributed by atoms with Crippen LogP contribution in [-0.2, 0) is 23.9 Å². The predicted octanol–water partition coefficient (Wildman–Crippen LogP) is 3.48. The van der Waals surface area contributed by atoms with Crippen molar-refractivity contribution in [2.45, 2.75) is 18.6 Å². The first-order valence-corrected chi connectivity index (χ1v) is 9.94. The molecule has 8 heteroatoms. The van der Waals surface area contributed by atoms with Crippen LogP contribution in [0.4, 0.5) is 17.1 Å². The van der Waals surface area contributed by atoms with Gasteiger partial charge < -0.3 is 9.47 Å². The van der Waals surface area contributed by atoms with Crippen molar-refractivity contribution in [3.63, 3.8) is 0 Å². The molecular weight excluding hydrogens is 398 g/mol. The van der Waals surface area contributed by atoms with Crippen molar-refractivity contribution in [2.75, 3.05) is 11.5 Å². The molecule has 0 aromatic heterocycles. The molecule has 4 atom stereocenters. The van der Waals surface area contributed by atoms with Gasteiger partial charge >= 0.3 is 5.97 Å². The highest BCUT2D eigenvalue weighted by Crippen LogP contribution is 2.52. The lowest BCUT2D eigenvalue weighted by Gasteiger charge is -2.28. The summed E-state index contributed by atoms with van der Waals surface area (Å²) in [5, 5.41) is 8.35. The average molecular weight is 417 g/mol. The van der Waals surface area contributed by atoms with Gasteiger partial charge in [0, 0.05) is 6.92 Å². The Hall–Kier alpha value is -3.65. The lowest BCUT2D eigenvalue weighted by atomic mass is 9.77. The minimum Gasteiger partial charge on any atom is -0.462 e. The van der Waals surface area contributed by atoms with E-state index >= 15 is 0 Å². The number of rotatable bonds is 5. The van der Waals surface area contributed by atoms with Gasteiger partial charge in [0.25, 0.3) is 0 Å². The summed E-state index contributed by atoms with van der Waals surface area (Å²) in [5.41, 5.74) is 0.700. The molecule has 31 heavy (non-hydrogen) atoms. The predicted molar refractivity (Wildman–Crippen MR) is 110 cm³/mol. The SMILES string of the molecule is CC(=O)OC[C@@]12C=C[C@@H](O1)[C@H]1C(=O)N(c3ccc(N=Nc4ccccc4)cc3)C(=O)[C@H]12. The standard InChI is InChI=1S/C23H19N3O5/c1-14(27)30-13-23-12-11-18(31-23)19-20(23)22(29)26(21(19)28)17-9-7-16(8-10-17)25-24-15-5-3-2-4-6-15/h2-12,18-20H,13H2,1H3/t18-,19-,20+,23-/m1/s1. The smallest absolute Gasteiger partial charge is 0.302 e. The fraction of sp³-hybridized carbons (Fsp3) is 0.261. The third-order valence-electron chi connectivity index (χ3n) is 5.80. The molecule has 2 saturated heterocycles. The van der Waals surface area contributed by atoms with Gasteiger partial charge in [-0.25, -0.2) is 4.90 Å². The summed E-state index contributed by atoms with van der Waals surface area (Å²) in [6.07, 6.45) is 3.01. The molecule has 8 nitrogen and oxygen atoms in total. The van der Waals surface area contributed by atoms with Crippen molar-refractivity contribution in [3.8, 4) is 0 Å². The molecule has 0 spiro atoms. The Bertz CT molecular complexity index is 1110. The van der Waals surface area contributed by atoms with E-state index in [0.29, 0.717) is 11.4 Å². The Balaban J connectivity index is 1.37. The Morgan fingerprint density at radius 2 is 1.71 bits per heavy atom. The summed E-state index contributed by atoms with van der Waals surface area (Å²) in [6, 6.07) is 16.1. The Morgan fingerprint density at radius 3 is 2.39 bits per heavy atom. The third-order valence-corrected chi connectivity index (χ3v) is 5.80. The molecule has 0 saturated carbocycles. The van der Waals surface area contributed by atoms with Crippen LogP contribution in [0.25, 0.3) is 0 Å². The van der Waals surface area contributed by atoms with Crippen LogP contribution in [0.15, 0.2) is 77.0 Å². The molecule has 2 bridgehead atoms. The van der Waals surface area contributed by atoms with E-state index in [9.17, 15) is 14.4 Å². The van der Waals surface area contributed by atoms with Crippen LogP contribution in [-0.4, -0.2) is 36.1 Å². The number of fused-ring (bicyclic) bond motifs is 5. The molecule has 2 aromatic carbocycles. The zero-order valence-electron chi connectivity index (χ0n) is 16.7. The molecule has 3 aliphatic rings. The van der Waals surface area contributed by atoms with Gasteiger partial charge in [-0.05, 0) is 42.5 Å². The molecule has 2 fully saturated rings. The Labute approximate surface area is 178 Å². The second-order valence-corrected chi connectivity index (χ2v) is 7.74. The van der Waals surface area contributed by atoms with Crippen LogP contribution in [0.2, 0.25) is 0 Å². The third kappa shape index (κ3) is 3.16. The summed E-state index contributed by atoms with van der Waals surface area (Å²) in [7, 11) is 0. The van der Waals surface area contributed by atoms with Gasteiger partial charge in [-0.1, -0.05) is 24.3 Å². The van der Waals surface area contributed by atoms with Gasteiger partial charge in [-0.3, -0.25) is 14.4 Å². The highest BCUT2D eigenvalue weighted by molar-refractivity contribution is 6.23. The highest BCUT2D eigenvalue weighted by Gasteiger charge is 2.68. The van der Waals surface area contributed by atoms with E-state index in [1.807, 2.05) is 30.3 Å². The van der Waals surface area contributed by atoms with E-state index in [4.69, 9.17) is 9.47 Å². The molecule has 0 radical (unpaired) electrons. The van der Waals surface area contributed by atoms with Crippen molar-refractivity contribution < 1.29 is 23.9 Å². The number of imide groups is 1. The quantitative estimate of drug-likeness (QED) is 0.321. The number of carbonyl (C=O) groups is 3. The number of amides is 2. The van der Waals surface area contributed by atoms with Crippen LogP contribution in [0.3, 0.4) is 0 Å². The van der Waals surface area contributed by atoms with E-state index in [0.717, 1.165) is 5.69 Å². The molecule has 2 amide bonds. The van der Waals surface area contributed by atoms with E-state index in [1.54, 1.807) is 36.4 Å². The van der Waals surface area contributed by atoms with Crippen molar-refractivity contribution in [1.29, 1.82) is 0 Å². The van der Waals surface area contributed by atoms with Gasteiger partial charge in [-0.2, -0.15) is 10.2 Å². The first-order chi connectivity index (χ1) is 15.0. The fourth-order valence-corrected chi connectivity index (χ4v) is 4.42. The molecule has 0 N–H and O–H groups in total.